The van der Waals surface area contributed by atoms with Crippen LogP contribution in [0.4, 0.5) is 0 Å². The summed E-state index contributed by atoms with van der Waals surface area (Å²) >= 11 is 0. The maximum Gasteiger partial charge on any atom is 0.289 e. The molecule has 27 heavy (non-hydrogen) atoms. The average Bonchev–Trinajstić information content (AvgIpc) is 2.63. The third-order valence-corrected chi connectivity index (χ3v) is 4.02. The zero-order valence-electron chi connectivity index (χ0n) is 16.3. The summed E-state index contributed by atoms with van der Waals surface area (Å²) in [6.07, 6.45) is 3.61. The summed E-state index contributed by atoms with van der Waals surface area (Å²) in [5.41, 5.74) is 1.77. The van der Waals surface area contributed by atoms with E-state index in [1.165, 1.54) is 4.68 Å². The molecule has 0 aliphatic carbocycles. The van der Waals surface area contributed by atoms with Crippen LogP contribution in [0.3, 0.4) is 0 Å². The van der Waals surface area contributed by atoms with Gasteiger partial charge in [-0.1, -0.05) is 13.3 Å². The molecule has 0 atom stereocenters. The lowest BCUT2D eigenvalue weighted by atomic mass is 10.1. The molecule has 0 amide bonds. The number of nitrogens with zero attached hydrogens (tertiary/aromatic N) is 3. The molecule has 0 aliphatic heterocycles. The molecule has 0 spiro atoms. The van der Waals surface area contributed by atoms with E-state index in [2.05, 4.69) is 12.0 Å². The first-order valence-corrected chi connectivity index (χ1v) is 9.09. The van der Waals surface area contributed by atoms with Gasteiger partial charge in [-0.3, -0.25) is 4.79 Å². The lowest BCUT2D eigenvalue weighted by molar-refractivity contribution is 0.272. The number of hydrogen-bond donors (Lipinski definition) is 0. The number of aromatic nitrogens is 1. The average molecular weight is 367 g/mol. The molecule has 0 fully saturated rings. The van der Waals surface area contributed by atoms with Gasteiger partial charge in [0, 0.05) is 5.69 Å². The third kappa shape index (κ3) is 4.98. The second-order valence-electron chi connectivity index (χ2n) is 6.16. The number of hydrogen-bond acceptors (Lipinski definition) is 5. The van der Waals surface area contributed by atoms with Crippen molar-refractivity contribution >= 4 is 6.21 Å². The highest BCUT2D eigenvalue weighted by molar-refractivity contribution is 5.80. The van der Waals surface area contributed by atoms with E-state index in [0.29, 0.717) is 36.0 Å². The first kappa shape index (κ1) is 20.2. The van der Waals surface area contributed by atoms with Crippen LogP contribution in [0.2, 0.25) is 0 Å². The van der Waals surface area contributed by atoms with Crippen LogP contribution in [-0.2, 0) is 0 Å². The van der Waals surface area contributed by atoms with Crippen LogP contribution in [0.5, 0.6) is 11.5 Å². The van der Waals surface area contributed by atoms with Crippen LogP contribution in [0, 0.1) is 25.2 Å². The Bertz CT molecular complexity index is 923. The van der Waals surface area contributed by atoms with Gasteiger partial charge >= 0.3 is 0 Å². The van der Waals surface area contributed by atoms with Crippen molar-refractivity contribution in [2.24, 2.45) is 5.10 Å². The molecule has 6 nitrogen and oxygen atoms in total. The summed E-state index contributed by atoms with van der Waals surface area (Å²) in [6.45, 7) is 8.70. The minimum atomic E-state index is -0.421. The normalized spacial score (nSPS) is 10.8. The van der Waals surface area contributed by atoms with Crippen molar-refractivity contribution in [1.82, 2.24) is 4.68 Å². The first-order valence-electron chi connectivity index (χ1n) is 9.09. The Morgan fingerprint density at radius 2 is 1.96 bits per heavy atom. The minimum Gasteiger partial charge on any atom is -0.490 e. The molecule has 1 heterocycles. The minimum absolute atomic E-state index is 0.104. The fourth-order valence-corrected chi connectivity index (χ4v) is 2.60. The van der Waals surface area contributed by atoms with E-state index in [1.807, 2.05) is 31.2 Å². The third-order valence-electron chi connectivity index (χ3n) is 4.02. The van der Waals surface area contributed by atoms with Crippen LogP contribution < -0.4 is 15.0 Å². The van der Waals surface area contributed by atoms with Crippen molar-refractivity contribution in [3.8, 4) is 17.6 Å². The Balaban J connectivity index is 2.33. The summed E-state index contributed by atoms with van der Waals surface area (Å²) in [6, 6.07) is 9.24. The largest absolute Gasteiger partial charge is 0.490 e. The molecule has 0 bridgehead atoms. The van der Waals surface area contributed by atoms with Gasteiger partial charge in [-0.05, 0) is 62.6 Å². The van der Waals surface area contributed by atoms with Crippen LogP contribution in [0.25, 0.3) is 0 Å². The predicted octanol–water partition coefficient (Wildman–Crippen LogP) is 3.80. The highest BCUT2D eigenvalue weighted by atomic mass is 16.5. The lowest BCUT2D eigenvalue weighted by Crippen LogP contribution is -2.22. The molecule has 0 saturated carbocycles. The Morgan fingerprint density at radius 3 is 2.63 bits per heavy atom. The molecular formula is C21H25N3O3. The number of pyridine rings is 1. The maximum atomic E-state index is 12.4. The molecule has 142 valence electrons. The summed E-state index contributed by atoms with van der Waals surface area (Å²) in [4.78, 5) is 12.4. The van der Waals surface area contributed by atoms with Gasteiger partial charge in [-0.25, -0.2) is 4.68 Å². The van der Waals surface area contributed by atoms with Crippen molar-refractivity contribution in [2.75, 3.05) is 13.2 Å². The zero-order valence-corrected chi connectivity index (χ0v) is 16.3. The quantitative estimate of drug-likeness (QED) is 0.525. The van der Waals surface area contributed by atoms with Gasteiger partial charge in [-0.15, -0.1) is 0 Å². The fourth-order valence-electron chi connectivity index (χ4n) is 2.60. The molecular weight excluding hydrogens is 342 g/mol. The van der Waals surface area contributed by atoms with Crippen molar-refractivity contribution in [1.29, 1.82) is 5.26 Å². The van der Waals surface area contributed by atoms with Gasteiger partial charge in [0.05, 0.1) is 19.4 Å². The van der Waals surface area contributed by atoms with E-state index in [-0.39, 0.29) is 5.56 Å². The lowest BCUT2D eigenvalue weighted by Gasteiger charge is -2.12. The fraction of sp³-hybridized carbons (Fsp3) is 0.381. The highest BCUT2D eigenvalue weighted by Gasteiger charge is 2.10. The smallest absolute Gasteiger partial charge is 0.289 e. The van der Waals surface area contributed by atoms with Gasteiger partial charge in [-0.2, -0.15) is 10.4 Å². The summed E-state index contributed by atoms with van der Waals surface area (Å²) in [5.74, 6) is 1.33. The number of rotatable bonds is 8. The summed E-state index contributed by atoms with van der Waals surface area (Å²) in [5, 5.41) is 13.4. The number of aryl methyl sites for hydroxylation is 2. The predicted molar refractivity (Wildman–Crippen MR) is 106 cm³/mol. The first-order chi connectivity index (χ1) is 13.0. The molecule has 2 rings (SSSR count). The van der Waals surface area contributed by atoms with Gasteiger partial charge < -0.3 is 9.47 Å². The molecule has 0 unspecified atom stereocenters. The van der Waals surface area contributed by atoms with E-state index in [1.54, 1.807) is 26.1 Å². The Kier molecular flexibility index (Phi) is 7.18. The summed E-state index contributed by atoms with van der Waals surface area (Å²) < 4.78 is 12.7. The maximum absolute atomic E-state index is 12.4. The van der Waals surface area contributed by atoms with Crippen molar-refractivity contribution in [3.05, 3.63) is 57.0 Å². The number of ether oxygens (including phenoxy) is 2. The van der Waals surface area contributed by atoms with Crippen LogP contribution in [0.1, 0.15) is 49.1 Å². The van der Waals surface area contributed by atoms with Gasteiger partial charge in [0.15, 0.2) is 11.5 Å². The number of unbranched alkanes of at least 4 members (excludes halogenated alkanes) is 1. The standard InChI is InChI=1S/C21H25N3O3/c1-5-7-10-27-19-9-8-17(12-20(19)26-6-2)14-23-24-16(4)11-15(3)18(13-22)21(24)25/h8-9,11-12,14H,5-7,10H2,1-4H3. The number of nitriles is 1. The van der Waals surface area contributed by atoms with Gasteiger partial charge in [0.25, 0.3) is 5.56 Å². The summed E-state index contributed by atoms with van der Waals surface area (Å²) in [7, 11) is 0. The van der Waals surface area contributed by atoms with Crippen molar-refractivity contribution in [2.45, 2.75) is 40.5 Å². The Hall–Kier alpha value is -3.07. The molecule has 0 aliphatic rings. The van der Waals surface area contributed by atoms with E-state index in [0.717, 1.165) is 18.4 Å². The molecule has 1 aromatic carbocycles. The number of benzene rings is 1. The Morgan fingerprint density at radius 1 is 1.19 bits per heavy atom. The second-order valence-corrected chi connectivity index (χ2v) is 6.16. The molecule has 0 radical (unpaired) electrons. The topological polar surface area (TPSA) is 76.6 Å². The molecule has 2 aromatic rings. The molecule has 6 heteroatoms. The highest BCUT2D eigenvalue weighted by Crippen LogP contribution is 2.28. The second kappa shape index (κ2) is 9.58. The molecule has 0 saturated heterocycles. The van der Waals surface area contributed by atoms with E-state index in [9.17, 15) is 4.79 Å². The molecule has 1 aromatic heterocycles. The van der Waals surface area contributed by atoms with Gasteiger partial charge in [0.1, 0.15) is 11.6 Å². The molecule has 0 N–H and O–H groups in total. The monoisotopic (exact) mass is 367 g/mol. The van der Waals surface area contributed by atoms with Crippen molar-refractivity contribution < 1.29 is 9.47 Å². The van der Waals surface area contributed by atoms with Crippen LogP contribution in [0.15, 0.2) is 34.2 Å². The SMILES string of the molecule is CCCCOc1ccc(C=Nn2c(C)cc(C)c(C#N)c2=O)cc1OCC. The van der Waals surface area contributed by atoms with Gasteiger partial charge in [0.2, 0.25) is 0 Å². The zero-order chi connectivity index (χ0) is 19.8. The van der Waals surface area contributed by atoms with E-state index in [4.69, 9.17) is 14.7 Å². The van der Waals surface area contributed by atoms with E-state index >= 15 is 0 Å². The van der Waals surface area contributed by atoms with Crippen molar-refractivity contribution in [3.63, 3.8) is 0 Å². The van der Waals surface area contributed by atoms with E-state index < -0.39 is 5.56 Å². The Labute approximate surface area is 159 Å². The van der Waals surface area contributed by atoms with Crippen LogP contribution >= 0.6 is 0 Å². The van der Waals surface area contributed by atoms with Crippen LogP contribution in [-0.4, -0.2) is 24.1 Å².